The molecule has 1 fully saturated rings. The second-order valence-electron chi connectivity index (χ2n) is 7.92. The van der Waals surface area contributed by atoms with Gasteiger partial charge in [0.1, 0.15) is 5.82 Å². The van der Waals surface area contributed by atoms with E-state index in [0.29, 0.717) is 12.5 Å². The Morgan fingerprint density at radius 1 is 1.22 bits per heavy atom. The first-order valence-corrected chi connectivity index (χ1v) is 9.93. The van der Waals surface area contributed by atoms with Gasteiger partial charge < -0.3 is 10.2 Å². The number of aromatic nitrogens is 2. The van der Waals surface area contributed by atoms with Crippen molar-refractivity contribution in [3.63, 3.8) is 0 Å². The number of benzene rings is 1. The van der Waals surface area contributed by atoms with Crippen molar-refractivity contribution in [2.75, 3.05) is 18.0 Å². The van der Waals surface area contributed by atoms with Crippen LogP contribution in [0.15, 0.2) is 42.9 Å². The minimum Gasteiger partial charge on any atom is -0.355 e. The summed E-state index contributed by atoms with van der Waals surface area (Å²) in [5.41, 5.74) is 2.50. The Balaban J connectivity index is 1.57. The summed E-state index contributed by atoms with van der Waals surface area (Å²) < 4.78 is 0. The van der Waals surface area contributed by atoms with Crippen molar-refractivity contribution in [3.8, 4) is 0 Å². The molecule has 3 rings (SSSR count). The Morgan fingerprint density at radius 2 is 2.00 bits per heavy atom. The zero-order valence-corrected chi connectivity index (χ0v) is 16.6. The van der Waals surface area contributed by atoms with Crippen LogP contribution < -0.4 is 10.2 Å². The van der Waals surface area contributed by atoms with Gasteiger partial charge in [0.25, 0.3) is 0 Å². The normalized spacial score (nSPS) is 18.4. The molecule has 1 saturated heterocycles. The van der Waals surface area contributed by atoms with Crippen LogP contribution in [0.4, 0.5) is 5.82 Å². The van der Waals surface area contributed by atoms with Gasteiger partial charge in [0.15, 0.2) is 0 Å². The molecule has 1 amide bonds. The molecule has 0 bridgehead atoms. The van der Waals surface area contributed by atoms with Gasteiger partial charge in [-0.15, -0.1) is 0 Å². The molecule has 0 saturated carbocycles. The third-order valence-corrected chi connectivity index (χ3v) is 5.15. The smallest absolute Gasteiger partial charge is 0.225 e. The average molecular weight is 367 g/mol. The lowest BCUT2D eigenvalue weighted by Gasteiger charge is -2.33. The molecule has 27 heavy (non-hydrogen) atoms. The summed E-state index contributed by atoms with van der Waals surface area (Å²) in [4.78, 5) is 23.5. The zero-order valence-electron chi connectivity index (χ0n) is 16.6. The Bertz CT molecular complexity index is 730. The van der Waals surface area contributed by atoms with Gasteiger partial charge in [-0.1, -0.05) is 38.1 Å². The predicted octanol–water partition coefficient (Wildman–Crippen LogP) is 3.77. The molecule has 1 aliphatic heterocycles. The molecule has 144 valence electrons. The fourth-order valence-electron chi connectivity index (χ4n) is 3.68. The van der Waals surface area contributed by atoms with Crippen LogP contribution in [0.5, 0.6) is 0 Å². The first kappa shape index (κ1) is 19.3. The van der Waals surface area contributed by atoms with Crippen molar-refractivity contribution in [1.82, 2.24) is 15.3 Å². The number of nitrogens with one attached hydrogen (secondary N) is 1. The maximum Gasteiger partial charge on any atom is 0.225 e. The van der Waals surface area contributed by atoms with Gasteiger partial charge in [0.05, 0.1) is 18.2 Å². The molecule has 0 spiro atoms. The molecule has 1 aliphatic rings. The lowest BCUT2D eigenvalue weighted by Crippen LogP contribution is -2.44. The highest BCUT2D eigenvalue weighted by atomic mass is 16.2. The fourth-order valence-corrected chi connectivity index (χ4v) is 3.68. The van der Waals surface area contributed by atoms with Crippen LogP contribution in [-0.2, 0) is 11.2 Å². The number of carbonyl (C=O) groups is 1. The lowest BCUT2D eigenvalue weighted by molar-refractivity contribution is -0.125. The molecule has 2 aromatic rings. The van der Waals surface area contributed by atoms with Gasteiger partial charge in [-0.05, 0) is 43.2 Å². The molecule has 1 aromatic carbocycles. The zero-order chi connectivity index (χ0) is 19.2. The number of nitrogens with zero attached hydrogens (tertiary/aromatic N) is 3. The topological polar surface area (TPSA) is 58.1 Å². The standard InChI is InChI=1S/C22H30N4O/c1-16(2)13-18-6-8-19(9-7-18)17(3)25-22(27)20-5-4-12-26(15-20)21-14-23-10-11-24-21/h6-11,14,16-17,20H,4-5,12-13,15H2,1-3H3,(H,25,27). The molecule has 1 aromatic heterocycles. The number of hydrogen-bond acceptors (Lipinski definition) is 4. The third-order valence-electron chi connectivity index (χ3n) is 5.15. The highest BCUT2D eigenvalue weighted by molar-refractivity contribution is 5.80. The number of piperidine rings is 1. The summed E-state index contributed by atoms with van der Waals surface area (Å²) in [6, 6.07) is 8.63. The van der Waals surface area contributed by atoms with E-state index >= 15 is 0 Å². The molecule has 5 nitrogen and oxygen atoms in total. The van der Waals surface area contributed by atoms with Crippen molar-refractivity contribution in [2.45, 2.75) is 46.1 Å². The minimum atomic E-state index is -0.0107. The van der Waals surface area contributed by atoms with Crippen molar-refractivity contribution in [1.29, 1.82) is 0 Å². The molecular formula is C22H30N4O. The summed E-state index contributed by atoms with van der Waals surface area (Å²) >= 11 is 0. The molecule has 1 N–H and O–H groups in total. The predicted molar refractivity (Wildman–Crippen MR) is 109 cm³/mol. The molecule has 2 atom stereocenters. The summed E-state index contributed by atoms with van der Waals surface area (Å²) in [7, 11) is 0. The van der Waals surface area contributed by atoms with Crippen molar-refractivity contribution in [3.05, 3.63) is 54.0 Å². The van der Waals surface area contributed by atoms with Crippen LogP contribution in [0.25, 0.3) is 0 Å². The number of rotatable bonds is 6. The minimum absolute atomic E-state index is 0.0107. The van der Waals surface area contributed by atoms with E-state index in [2.05, 4.69) is 65.2 Å². The third kappa shape index (κ3) is 5.28. The van der Waals surface area contributed by atoms with Gasteiger partial charge >= 0.3 is 0 Å². The Hall–Kier alpha value is -2.43. The van der Waals surface area contributed by atoms with E-state index in [0.717, 1.165) is 37.2 Å². The molecular weight excluding hydrogens is 336 g/mol. The van der Waals surface area contributed by atoms with E-state index in [-0.39, 0.29) is 17.9 Å². The fraction of sp³-hybridized carbons (Fsp3) is 0.500. The average Bonchev–Trinajstić information content (AvgIpc) is 2.69. The van der Waals surface area contributed by atoms with E-state index in [4.69, 9.17) is 0 Å². The van der Waals surface area contributed by atoms with Crippen LogP contribution in [0, 0.1) is 11.8 Å². The molecule has 0 aliphatic carbocycles. The highest BCUT2D eigenvalue weighted by Crippen LogP contribution is 2.22. The first-order chi connectivity index (χ1) is 13.0. The number of hydrogen-bond donors (Lipinski definition) is 1. The summed E-state index contributed by atoms with van der Waals surface area (Å²) in [6.45, 7) is 8.13. The van der Waals surface area contributed by atoms with E-state index in [1.165, 1.54) is 5.56 Å². The quantitative estimate of drug-likeness (QED) is 0.845. The van der Waals surface area contributed by atoms with Crippen molar-refractivity contribution in [2.24, 2.45) is 11.8 Å². The summed E-state index contributed by atoms with van der Waals surface area (Å²) in [5, 5.41) is 3.20. The van der Waals surface area contributed by atoms with Crippen molar-refractivity contribution >= 4 is 11.7 Å². The monoisotopic (exact) mass is 366 g/mol. The van der Waals surface area contributed by atoms with Gasteiger partial charge in [0, 0.05) is 25.5 Å². The lowest BCUT2D eigenvalue weighted by atomic mass is 9.96. The van der Waals surface area contributed by atoms with Crippen LogP contribution >= 0.6 is 0 Å². The van der Waals surface area contributed by atoms with Gasteiger partial charge in [-0.3, -0.25) is 9.78 Å². The summed E-state index contributed by atoms with van der Waals surface area (Å²) in [5.74, 6) is 1.62. The number of carbonyl (C=O) groups excluding carboxylic acids is 1. The largest absolute Gasteiger partial charge is 0.355 e. The maximum absolute atomic E-state index is 12.8. The Kier molecular flexibility index (Phi) is 6.43. The van der Waals surface area contributed by atoms with Crippen LogP contribution in [0.2, 0.25) is 0 Å². The van der Waals surface area contributed by atoms with E-state index in [1.807, 2.05) is 0 Å². The van der Waals surface area contributed by atoms with Crippen LogP contribution in [-0.4, -0.2) is 29.0 Å². The van der Waals surface area contributed by atoms with Crippen LogP contribution in [0.3, 0.4) is 0 Å². The SMILES string of the molecule is CC(C)Cc1ccc(C(C)NC(=O)C2CCCN(c3cnccn3)C2)cc1. The molecule has 5 heteroatoms. The molecule has 2 heterocycles. The van der Waals surface area contributed by atoms with Gasteiger partial charge in [-0.2, -0.15) is 0 Å². The number of anilines is 1. The summed E-state index contributed by atoms with van der Waals surface area (Å²) in [6.07, 6.45) is 8.13. The first-order valence-electron chi connectivity index (χ1n) is 9.93. The Labute approximate surface area is 162 Å². The van der Waals surface area contributed by atoms with E-state index in [1.54, 1.807) is 18.6 Å². The number of amides is 1. The Morgan fingerprint density at radius 3 is 2.67 bits per heavy atom. The van der Waals surface area contributed by atoms with Gasteiger partial charge in [0.2, 0.25) is 5.91 Å². The van der Waals surface area contributed by atoms with Gasteiger partial charge in [-0.25, -0.2) is 4.98 Å². The van der Waals surface area contributed by atoms with Crippen molar-refractivity contribution < 1.29 is 4.79 Å². The maximum atomic E-state index is 12.8. The highest BCUT2D eigenvalue weighted by Gasteiger charge is 2.27. The molecule has 0 radical (unpaired) electrons. The molecule has 2 unspecified atom stereocenters. The second kappa shape index (κ2) is 8.98. The van der Waals surface area contributed by atoms with E-state index < -0.39 is 0 Å². The van der Waals surface area contributed by atoms with E-state index in [9.17, 15) is 4.79 Å². The van der Waals surface area contributed by atoms with Crippen LogP contribution in [0.1, 0.15) is 50.8 Å². The second-order valence-corrected chi connectivity index (χ2v) is 7.92.